The molecule has 0 spiro atoms. The summed E-state index contributed by atoms with van der Waals surface area (Å²) in [7, 11) is 2.29. The predicted molar refractivity (Wildman–Crippen MR) is 74.9 cm³/mol. The number of halogens is 1. The van der Waals surface area contributed by atoms with Crippen molar-refractivity contribution >= 4 is 12.4 Å². The monoisotopic (exact) mass is 251 g/mol. The van der Waals surface area contributed by atoms with Gasteiger partial charge in [0.05, 0.1) is 0 Å². The summed E-state index contributed by atoms with van der Waals surface area (Å²) in [5.41, 5.74) is 3.61. The lowest BCUT2D eigenvalue weighted by atomic mass is 9.59. The van der Waals surface area contributed by atoms with E-state index in [1.807, 2.05) is 0 Å². The van der Waals surface area contributed by atoms with Crippen molar-refractivity contribution in [3.05, 3.63) is 35.4 Å². The van der Waals surface area contributed by atoms with Crippen molar-refractivity contribution in [3.8, 4) is 0 Å². The van der Waals surface area contributed by atoms with Crippen LogP contribution in [0.15, 0.2) is 24.3 Å². The molecule has 0 amide bonds. The Hall–Kier alpha value is -0.530. The Kier molecular flexibility index (Phi) is 3.26. The van der Waals surface area contributed by atoms with Crippen molar-refractivity contribution in [3.63, 3.8) is 0 Å². The lowest BCUT2D eigenvalue weighted by molar-refractivity contribution is 0.0508. The summed E-state index contributed by atoms with van der Waals surface area (Å²) in [5.74, 6) is 0.779. The highest BCUT2D eigenvalue weighted by Crippen LogP contribution is 2.47. The van der Waals surface area contributed by atoms with Gasteiger partial charge < -0.3 is 4.90 Å². The average Bonchev–Trinajstić information content (AvgIpc) is 2.29. The Labute approximate surface area is 111 Å². The first-order valence-electron chi connectivity index (χ1n) is 6.41. The van der Waals surface area contributed by atoms with Crippen molar-refractivity contribution in [1.82, 2.24) is 4.90 Å². The summed E-state index contributed by atoms with van der Waals surface area (Å²) in [6, 6.07) is 9.82. The van der Waals surface area contributed by atoms with Gasteiger partial charge in [-0.1, -0.05) is 38.1 Å². The van der Waals surface area contributed by atoms with E-state index in [1.54, 1.807) is 11.1 Å². The molecule has 1 aromatic rings. The van der Waals surface area contributed by atoms with E-state index < -0.39 is 0 Å². The van der Waals surface area contributed by atoms with Gasteiger partial charge in [0.15, 0.2) is 0 Å². The van der Waals surface area contributed by atoms with Crippen LogP contribution in [0.4, 0.5) is 0 Å². The minimum Gasteiger partial charge on any atom is -0.303 e. The van der Waals surface area contributed by atoms with Crippen molar-refractivity contribution < 1.29 is 0 Å². The second-order valence-electron chi connectivity index (χ2n) is 5.87. The van der Waals surface area contributed by atoms with Crippen LogP contribution in [0.3, 0.4) is 0 Å². The fourth-order valence-electron chi connectivity index (χ4n) is 3.80. The molecule has 3 atom stereocenters. The van der Waals surface area contributed by atoms with Gasteiger partial charge in [-0.3, -0.25) is 0 Å². The van der Waals surface area contributed by atoms with Crippen LogP contribution < -0.4 is 0 Å². The normalized spacial score (nSPS) is 35.9. The van der Waals surface area contributed by atoms with E-state index in [0.29, 0.717) is 5.41 Å². The summed E-state index contributed by atoms with van der Waals surface area (Å²) < 4.78 is 0. The van der Waals surface area contributed by atoms with E-state index in [4.69, 9.17) is 0 Å². The highest BCUT2D eigenvalue weighted by Gasteiger charge is 2.46. The van der Waals surface area contributed by atoms with Gasteiger partial charge >= 0.3 is 0 Å². The van der Waals surface area contributed by atoms with Crippen LogP contribution >= 0.6 is 12.4 Å². The minimum absolute atomic E-state index is 0. The van der Waals surface area contributed by atoms with E-state index >= 15 is 0 Å². The van der Waals surface area contributed by atoms with E-state index in [0.717, 1.165) is 12.0 Å². The maximum atomic E-state index is 2.56. The summed E-state index contributed by atoms with van der Waals surface area (Å²) in [6.07, 6.45) is 2.54. The molecule has 94 valence electrons. The van der Waals surface area contributed by atoms with E-state index in [-0.39, 0.29) is 12.4 Å². The number of fused-ring (bicyclic) bond motifs is 4. The molecule has 2 heteroatoms. The van der Waals surface area contributed by atoms with Gasteiger partial charge in [0, 0.05) is 6.04 Å². The third kappa shape index (κ3) is 1.71. The number of hydrogen-bond acceptors (Lipinski definition) is 1. The number of benzene rings is 1. The van der Waals surface area contributed by atoms with Crippen LogP contribution in [0, 0.1) is 5.92 Å². The second kappa shape index (κ2) is 4.29. The molecule has 1 aliphatic heterocycles. The number of nitrogens with zero attached hydrogens (tertiary/aromatic N) is 1. The first-order chi connectivity index (χ1) is 7.63. The zero-order valence-electron chi connectivity index (χ0n) is 10.9. The molecule has 0 unspecified atom stereocenters. The number of likely N-dealkylation sites (N-methyl/N-ethyl adjacent to an activating group) is 1. The van der Waals surface area contributed by atoms with Crippen LogP contribution in [-0.4, -0.2) is 24.5 Å². The van der Waals surface area contributed by atoms with Crippen LogP contribution in [0.1, 0.15) is 31.4 Å². The fraction of sp³-hybridized carbons (Fsp3) is 0.600. The Bertz CT molecular complexity index is 417. The van der Waals surface area contributed by atoms with Crippen LogP contribution in [0.2, 0.25) is 0 Å². The van der Waals surface area contributed by atoms with Gasteiger partial charge in [0.1, 0.15) is 0 Å². The van der Waals surface area contributed by atoms with Crippen molar-refractivity contribution in [2.45, 2.75) is 38.1 Å². The number of hydrogen-bond donors (Lipinski definition) is 0. The molecule has 0 N–H and O–H groups in total. The Balaban J connectivity index is 0.00000108. The van der Waals surface area contributed by atoms with Gasteiger partial charge in [0.25, 0.3) is 0 Å². The molecule has 0 aromatic heterocycles. The largest absolute Gasteiger partial charge is 0.303 e. The van der Waals surface area contributed by atoms with E-state index in [2.05, 4.69) is 50.1 Å². The Morgan fingerprint density at radius 2 is 2.00 bits per heavy atom. The number of rotatable bonds is 0. The average molecular weight is 252 g/mol. The Morgan fingerprint density at radius 1 is 1.29 bits per heavy atom. The van der Waals surface area contributed by atoms with Crippen molar-refractivity contribution in [2.75, 3.05) is 13.6 Å². The van der Waals surface area contributed by atoms with Crippen molar-refractivity contribution in [1.29, 1.82) is 0 Å². The zero-order valence-corrected chi connectivity index (χ0v) is 11.8. The molecule has 0 saturated carbocycles. The molecule has 1 aromatic carbocycles. The van der Waals surface area contributed by atoms with Gasteiger partial charge in [-0.25, -0.2) is 0 Å². The smallest absolute Gasteiger partial charge is 0.0167 e. The minimum atomic E-state index is 0. The number of likely N-dealkylation sites (tertiary alicyclic amines) is 1. The molecule has 1 saturated heterocycles. The van der Waals surface area contributed by atoms with Crippen LogP contribution in [0.25, 0.3) is 0 Å². The lowest BCUT2D eigenvalue weighted by Crippen LogP contribution is -2.56. The molecular formula is C15H22ClN. The molecular weight excluding hydrogens is 230 g/mol. The molecule has 1 heterocycles. The molecule has 3 rings (SSSR count). The predicted octanol–water partition coefficient (Wildman–Crippen LogP) is 3.26. The van der Waals surface area contributed by atoms with E-state index in [9.17, 15) is 0 Å². The van der Waals surface area contributed by atoms with Crippen LogP contribution in [0.5, 0.6) is 0 Å². The maximum absolute atomic E-state index is 2.56. The SMILES string of the molecule is C[C@H]1[C@@H]2Cc3ccccc3[C@]1(C)CCN2C.Cl. The molecule has 1 nitrogen and oxygen atoms in total. The molecule has 2 aliphatic rings. The lowest BCUT2D eigenvalue weighted by Gasteiger charge is -2.53. The first kappa shape index (κ1) is 12.9. The molecule has 2 bridgehead atoms. The summed E-state index contributed by atoms with van der Waals surface area (Å²) in [4.78, 5) is 2.56. The molecule has 1 aliphatic carbocycles. The summed E-state index contributed by atoms with van der Waals surface area (Å²) in [6.45, 7) is 6.16. The third-order valence-corrected chi connectivity index (χ3v) is 5.19. The highest BCUT2D eigenvalue weighted by molar-refractivity contribution is 5.85. The van der Waals surface area contributed by atoms with Gasteiger partial charge in [-0.15, -0.1) is 12.4 Å². The van der Waals surface area contributed by atoms with Crippen LogP contribution in [-0.2, 0) is 11.8 Å². The summed E-state index contributed by atoms with van der Waals surface area (Å²) >= 11 is 0. The number of piperidine rings is 1. The zero-order chi connectivity index (χ0) is 11.3. The standard InChI is InChI=1S/C15H21N.ClH/c1-11-14-10-12-6-4-5-7-13(12)15(11,2)8-9-16(14)3;/h4-7,11,14H,8-10H2,1-3H3;1H/t11-,14-,15+;/m0./s1. The van der Waals surface area contributed by atoms with Gasteiger partial charge in [0.2, 0.25) is 0 Å². The second-order valence-corrected chi connectivity index (χ2v) is 5.87. The quantitative estimate of drug-likeness (QED) is 0.684. The van der Waals surface area contributed by atoms with Gasteiger partial charge in [-0.2, -0.15) is 0 Å². The molecule has 17 heavy (non-hydrogen) atoms. The molecule has 0 radical (unpaired) electrons. The third-order valence-electron chi connectivity index (χ3n) is 5.19. The van der Waals surface area contributed by atoms with E-state index in [1.165, 1.54) is 19.4 Å². The van der Waals surface area contributed by atoms with Crippen molar-refractivity contribution in [2.24, 2.45) is 5.92 Å². The fourth-order valence-corrected chi connectivity index (χ4v) is 3.80. The first-order valence-corrected chi connectivity index (χ1v) is 6.41. The van der Waals surface area contributed by atoms with Gasteiger partial charge in [-0.05, 0) is 48.9 Å². The molecule has 1 fully saturated rings. The maximum Gasteiger partial charge on any atom is 0.0167 e. The summed E-state index contributed by atoms with van der Waals surface area (Å²) in [5, 5.41) is 0. The highest BCUT2D eigenvalue weighted by atomic mass is 35.5. The Morgan fingerprint density at radius 3 is 2.76 bits per heavy atom. The topological polar surface area (TPSA) is 3.24 Å².